The molecule has 0 saturated carbocycles. The van der Waals surface area contributed by atoms with E-state index in [0.717, 1.165) is 23.5 Å². The van der Waals surface area contributed by atoms with E-state index < -0.39 is 0 Å². The monoisotopic (exact) mass is 431 g/mol. The van der Waals surface area contributed by atoms with Crippen molar-refractivity contribution in [3.05, 3.63) is 84.4 Å². The first-order valence-electron chi connectivity index (χ1n) is 10.8. The van der Waals surface area contributed by atoms with Gasteiger partial charge in [-0.05, 0) is 74.0 Å². The van der Waals surface area contributed by atoms with E-state index in [1.165, 1.54) is 0 Å². The van der Waals surface area contributed by atoms with Gasteiger partial charge in [0.2, 0.25) is 5.91 Å². The highest BCUT2D eigenvalue weighted by atomic mass is 16.5. The fraction of sp³-hybridized carbons (Fsp3) is 0.231. The quantitative estimate of drug-likeness (QED) is 0.463. The van der Waals surface area contributed by atoms with E-state index in [1.807, 2.05) is 61.5 Å². The van der Waals surface area contributed by atoms with Crippen LogP contribution in [0.3, 0.4) is 0 Å². The molecule has 0 unspecified atom stereocenters. The van der Waals surface area contributed by atoms with Crippen molar-refractivity contribution in [2.75, 3.05) is 35.2 Å². The van der Waals surface area contributed by atoms with Gasteiger partial charge in [0.05, 0.1) is 13.2 Å². The van der Waals surface area contributed by atoms with Crippen LogP contribution in [0.5, 0.6) is 5.75 Å². The topological polar surface area (TPSA) is 70.7 Å². The van der Waals surface area contributed by atoms with Crippen molar-refractivity contribution >= 4 is 28.9 Å². The van der Waals surface area contributed by atoms with Gasteiger partial charge in [0.25, 0.3) is 5.91 Å². The Morgan fingerprint density at radius 1 is 0.844 bits per heavy atom. The highest BCUT2D eigenvalue weighted by Crippen LogP contribution is 2.18. The van der Waals surface area contributed by atoms with Gasteiger partial charge in [0.15, 0.2) is 0 Å². The average molecular weight is 432 g/mol. The van der Waals surface area contributed by atoms with Gasteiger partial charge in [-0.25, -0.2) is 0 Å². The molecule has 3 aromatic rings. The molecule has 0 fully saturated rings. The number of hydrogen-bond acceptors (Lipinski definition) is 4. The molecule has 6 nitrogen and oxygen atoms in total. The lowest BCUT2D eigenvalue weighted by Gasteiger charge is -2.21. The van der Waals surface area contributed by atoms with Gasteiger partial charge < -0.3 is 20.3 Å². The van der Waals surface area contributed by atoms with Crippen LogP contribution in [0.1, 0.15) is 30.6 Å². The van der Waals surface area contributed by atoms with Gasteiger partial charge in [0, 0.05) is 29.2 Å². The average Bonchev–Trinajstić information content (AvgIpc) is 2.84. The normalized spacial score (nSPS) is 10.3. The first kappa shape index (κ1) is 22.9. The van der Waals surface area contributed by atoms with Gasteiger partial charge in [-0.15, -0.1) is 0 Å². The lowest BCUT2D eigenvalue weighted by molar-refractivity contribution is -0.114. The molecule has 0 bridgehead atoms. The number of ether oxygens (including phenoxy) is 1. The van der Waals surface area contributed by atoms with Crippen LogP contribution in [-0.2, 0) is 4.79 Å². The highest BCUT2D eigenvalue weighted by Gasteiger charge is 2.15. The summed E-state index contributed by atoms with van der Waals surface area (Å²) in [4.78, 5) is 26.8. The number of nitrogens with zero attached hydrogens (tertiary/aromatic N) is 1. The fourth-order valence-corrected chi connectivity index (χ4v) is 3.18. The Kier molecular flexibility index (Phi) is 8.26. The number of benzene rings is 3. The van der Waals surface area contributed by atoms with E-state index in [4.69, 9.17) is 4.74 Å². The standard InChI is InChI=1S/C26H29N3O3/c1-3-18-32-24-16-14-22(15-17-24)28-25(30)19-27-21-12-10-20(11-13-21)26(31)29(4-2)23-8-6-5-7-9-23/h5-17,27H,3-4,18-19H2,1-2H3,(H,28,30). The van der Waals surface area contributed by atoms with E-state index in [-0.39, 0.29) is 18.4 Å². The van der Waals surface area contributed by atoms with E-state index in [1.54, 1.807) is 29.2 Å². The van der Waals surface area contributed by atoms with E-state index in [9.17, 15) is 9.59 Å². The Morgan fingerprint density at radius 2 is 1.50 bits per heavy atom. The zero-order valence-corrected chi connectivity index (χ0v) is 18.5. The number of rotatable bonds is 10. The Bertz CT molecular complexity index is 1000. The Labute approximate surface area is 189 Å². The zero-order chi connectivity index (χ0) is 22.8. The van der Waals surface area contributed by atoms with Crippen molar-refractivity contribution in [3.63, 3.8) is 0 Å². The summed E-state index contributed by atoms with van der Waals surface area (Å²) in [7, 11) is 0. The van der Waals surface area contributed by atoms with Gasteiger partial charge in [0.1, 0.15) is 5.75 Å². The summed E-state index contributed by atoms with van der Waals surface area (Å²) < 4.78 is 5.54. The molecule has 3 rings (SSSR count). The maximum absolute atomic E-state index is 12.9. The molecule has 2 amide bonds. The Balaban J connectivity index is 1.52. The third kappa shape index (κ3) is 6.35. The Hall–Kier alpha value is -3.80. The third-order valence-corrected chi connectivity index (χ3v) is 4.83. The highest BCUT2D eigenvalue weighted by molar-refractivity contribution is 6.06. The number of hydrogen-bond donors (Lipinski definition) is 2. The van der Waals surface area contributed by atoms with E-state index >= 15 is 0 Å². The second-order valence-corrected chi connectivity index (χ2v) is 7.24. The van der Waals surface area contributed by atoms with Crippen LogP contribution >= 0.6 is 0 Å². The molecule has 0 radical (unpaired) electrons. The third-order valence-electron chi connectivity index (χ3n) is 4.83. The summed E-state index contributed by atoms with van der Waals surface area (Å²) in [6.45, 7) is 5.37. The minimum atomic E-state index is -0.159. The molecule has 0 heterocycles. The second-order valence-electron chi connectivity index (χ2n) is 7.24. The van der Waals surface area contributed by atoms with Crippen molar-refractivity contribution in [2.45, 2.75) is 20.3 Å². The number of para-hydroxylation sites is 1. The maximum atomic E-state index is 12.9. The fourth-order valence-electron chi connectivity index (χ4n) is 3.18. The van der Waals surface area contributed by atoms with Crippen LogP contribution in [0.25, 0.3) is 0 Å². The smallest absolute Gasteiger partial charge is 0.258 e. The summed E-state index contributed by atoms with van der Waals surface area (Å²) >= 11 is 0. The number of carbonyl (C=O) groups excluding carboxylic acids is 2. The molecule has 166 valence electrons. The van der Waals surface area contributed by atoms with Crippen molar-refractivity contribution in [3.8, 4) is 5.75 Å². The van der Waals surface area contributed by atoms with Crippen LogP contribution in [-0.4, -0.2) is 31.5 Å². The zero-order valence-electron chi connectivity index (χ0n) is 18.5. The summed E-state index contributed by atoms with van der Waals surface area (Å²) in [6, 6.07) is 24.0. The van der Waals surface area contributed by atoms with Crippen molar-refractivity contribution in [1.29, 1.82) is 0 Å². The van der Waals surface area contributed by atoms with Crippen LogP contribution in [0.15, 0.2) is 78.9 Å². The van der Waals surface area contributed by atoms with Crippen molar-refractivity contribution in [1.82, 2.24) is 0 Å². The number of carbonyl (C=O) groups is 2. The van der Waals surface area contributed by atoms with Gasteiger partial charge in [-0.1, -0.05) is 25.1 Å². The molecule has 0 atom stereocenters. The second kappa shape index (κ2) is 11.6. The first-order chi connectivity index (χ1) is 15.6. The molecule has 0 aromatic heterocycles. The molecule has 0 aliphatic carbocycles. The van der Waals surface area contributed by atoms with Gasteiger partial charge in [-0.3, -0.25) is 9.59 Å². The molecule has 6 heteroatoms. The molecular formula is C26H29N3O3. The van der Waals surface area contributed by atoms with Crippen LogP contribution in [0.2, 0.25) is 0 Å². The summed E-state index contributed by atoms with van der Waals surface area (Å²) in [6.07, 6.45) is 0.948. The molecule has 2 N–H and O–H groups in total. The van der Waals surface area contributed by atoms with Crippen molar-refractivity contribution < 1.29 is 14.3 Å². The number of amides is 2. The van der Waals surface area contributed by atoms with E-state index in [2.05, 4.69) is 17.6 Å². The number of nitrogens with one attached hydrogen (secondary N) is 2. The molecule has 0 spiro atoms. The van der Waals surface area contributed by atoms with Gasteiger partial charge >= 0.3 is 0 Å². The molecular weight excluding hydrogens is 402 g/mol. The minimum absolute atomic E-state index is 0.0608. The molecule has 0 aliphatic rings. The SMILES string of the molecule is CCCOc1ccc(NC(=O)CNc2ccc(C(=O)N(CC)c3ccccc3)cc2)cc1. The molecule has 0 aliphatic heterocycles. The summed E-state index contributed by atoms with van der Waals surface area (Å²) in [5, 5.41) is 5.93. The van der Waals surface area contributed by atoms with Crippen LogP contribution in [0, 0.1) is 0 Å². The summed E-state index contributed by atoms with van der Waals surface area (Å²) in [5.41, 5.74) is 2.94. The molecule has 0 saturated heterocycles. The minimum Gasteiger partial charge on any atom is -0.494 e. The van der Waals surface area contributed by atoms with E-state index in [0.29, 0.717) is 24.4 Å². The molecule has 32 heavy (non-hydrogen) atoms. The lowest BCUT2D eigenvalue weighted by atomic mass is 10.1. The van der Waals surface area contributed by atoms with Crippen molar-refractivity contribution in [2.24, 2.45) is 0 Å². The predicted octanol–water partition coefficient (Wildman–Crippen LogP) is 5.19. The Morgan fingerprint density at radius 3 is 2.12 bits per heavy atom. The molecule has 3 aromatic carbocycles. The largest absolute Gasteiger partial charge is 0.494 e. The predicted molar refractivity (Wildman–Crippen MR) is 130 cm³/mol. The van der Waals surface area contributed by atoms with Crippen LogP contribution in [0.4, 0.5) is 17.1 Å². The van der Waals surface area contributed by atoms with Crippen LogP contribution < -0.4 is 20.3 Å². The number of anilines is 3. The first-order valence-corrected chi connectivity index (χ1v) is 10.8. The lowest BCUT2D eigenvalue weighted by Crippen LogP contribution is -2.30. The van der Waals surface area contributed by atoms with Gasteiger partial charge in [-0.2, -0.15) is 0 Å². The maximum Gasteiger partial charge on any atom is 0.258 e. The summed E-state index contributed by atoms with van der Waals surface area (Å²) in [5.74, 6) is 0.564.